The van der Waals surface area contributed by atoms with E-state index < -0.39 is 53.2 Å². The first kappa shape index (κ1) is 25.5. The van der Waals surface area contributed by atoms with E-state index >= 15 is 0 Å². The molecule has 0 aromatic heterocycles. The highest BCUT2D eigenvalue weighted by Gasteiger charge is 2.69. The monoisotopic (exact) mass is 520 g/mol. The van der Waals surface area contributed by atoms with Crippen LogP contribution in [0, 0.1) is 23.7 Å². The van der Waals surface area contributed by atoms with Crippen molar-refractivity contribution < 1.29 is 41.7 Å². The number of ketones is 2. The largest absolute Gasteiger partial charge is 0.490 e. The van der Waals surface area contributed by atoms with Crippen LogP contribution in [0.1, 0.15) is 51.9 Å². The number of Topliss-reactive ketones (excluding diaryl/α,β-unsaturated/α-hetero) is 2. The standard InChI is InChI=1S/C25H32ClF3O6/c1-11-8-15(30)14-9-16(12-4-6-13(7-5-12)25(27,28)29)34-23(14)24(11)22(31)19-17(32-2)10-18(33-3)20(26)21(19)35-24/h11-13,16-21H,4-10H2,1-3H3/t11-,12?,13?,16+,17?,18?,19?,20?,21?,24-/m1/s1. The number of methoxy groups -OCH3 is 2. The fourth-order valence-electron chi connectivity index (χ4n) is 7.06. The number of rotatable bonds is 3. The average molecular weight is 521 g/mol. The van der Waals surface area contributed by atoms with Gasteiger partial charge in [-0.05, 0) is 31.6 Å². The van der Waals surface area contributed by atoms with Gasteiger partial charge in [-0.1, -0.05) is 6.92 Å². The molecule has 2 aliphatic heterocycles. The van der Waals surface area contributed by atoms with Crippen LogP contribution in [0.4, 0.5) is 13.2 Å². The van der Waals surface area contributed by atoms with Crippen molar-refractivity contribution in [1.29, 1.82) is 0 Å². The van der Waals surface area contributed by atoms with E-state index in [4.69, 9.17) is 30.5 Å². The van der Waals surface area contributed by atoms with Crippen LogP contribution in [0.2, 0.25) is 0 Å². The van der Waals surface area contributed by atoms with Crippen LogP contribution in [0.15, 0.2) is 11.3 Å². The third-order valence-electron chi connectivity index (χ3n) is 9.05. The molecule has 5 unspecified atom stereocenters. The van der Waals surface area contributed by atoms with Crippen molar-refractivity contribution in [3.8, 4) is 0 Å². The molecular formula is C25H32ClF3O6. The molecule has 6 nitrogen and oxygen atoms in total. The summed E-state index contributed by atoms with van der Waals surface area (Å²) in [6.07, 6.45) is -4.37. The number of halogens is 4. The second kappa shape index (κ2) is 8.99. The van der Waals surface area contributed by atoms with E-state index in [2.05, 4.69) is 0 Å². The fourth-order valence-corrected chi connectivity index (χ4v) is 7.47. The zero-order valence-electron chi connectivity index (χ0n) is 20.1. The number of carbonyl (C=O) groups excluding carboxylic acids is 2. The van der Waals surface area contributed by atoms with Gasteiger partial charge in [-0.15, -0.1) is 11.6 Å². The van der Waals surface area contributed by atoms with Crippen LogP contribution in [-0.2, 0) is 28.5 Å². The van der Waals surface area contributed by atoms with Gasteiger partial charge in [-0.25, -0.2) is 0 Å². The van der Waals surface area contributed by atoms with Gasteiger partial charge in [0.2, 0.25) is 0 Å². The summed E-state index contributed by atoms with van der Waals surface area (Å²) in [4.78, 5) is 27.1. The lowest BCUT2D eigenvalue weighted by atomic mass is 9.69. The van der Waals surface area contributed by atoms with Gasteiger partial charge in [0.15, 0.2) is 17.2 Å². The van der Waals surface area contributed by atoms with Gasteiger partial charge in [0, 0.05) is 45.0 Å². The van der Waals surface area contributed by atoms with Gasteiger partial charge in [0.05, 0.1) is 35.5 Å². The first-order valence-electron chi connectivity index (χ1n) is 12.4. The molecule has 1 spiro atoms. The van der Waals surface area contributed by atoms with E-state index in [-0.39, 0.29) is 48.6 Å². The summed E-state index contributed by atoms with van der Waals surface area (Å²) >= 11 is 6.72. The minimum Gasteiger partial charge on any atom is -0.490 e. The van der Waals surface area contributed by atoms with Crippen molar-refractivity contribution in [1.82, 2.24) is 0 Å². The second-order valence-electron chi connectivity index (χ2n) is 10.8. The molecule has 0 radical (unpaired) electrons. The Morgan fingerprint density at radius 2 is 1.69 bits per heavy atom. The summed E-state index contributed by atoms with van der Waals surface area (Å²) in [6.45, 7) is 1.81. The minimum absolute atomic E-state index is 0.0512. The highest BCUT2D eigenvalue weighted by Crippen LogP contribution is 2.56. The van der Waals surface area contributed by atoms with Gasteiger partial charge >= 0.3 is 6.18 Å². The quantitative estimate of drug-likeness (QED) is 0.515. The lowest BCUT2D eigenvalue weighted by Gasteiger charge is -2.39. The first-order chi connectivity index (χ1) is 16.5. The smallest absolute Gasteiger partial charge is 0.391 e. The molecule has 0 bridgehead atoms. The van der Waals surface area contributed by atoms with Gasteiger partial charge in [0.1, 0.15) is 11.9 Å². The van der Waals surface area contributed by atoms with Crippen molar-refractivity contribution in [2.75, 3.05) is 14.2 Å². The van der Waals surface area contributed by atoms with E-state index in [1.54, 1.807) is 21.1 Å². The van der Waals surface area contributed by atoms with E-state index in [0.29, 0.717) is 31.3 Å². The van der Waals surface area contributed by atoms with E-state index in [0.717, 1.165) is 0 Å². The molecule has 0 aromatic rings. The second-order valence-corrected chi connectivity index (χ2v) is 11.3. The molecule has 0 amide bonds. The molecule has 10 heteroatoms. The maximum Gasteiger partial charge on any atom is 0.391 e. The average Bonchev–Trinajstić information content (AvgIpc) is 3.40. The maximum atomic E-state index is 14.1. The fraction of sp³-hybridized carbons (Fsp3) is 0.840. The Labute approximate surface area is 207 Å². The van der Waals surface area contributed by atoms with Crippen LogP contribution in [0.3, 0.4) is 0 Å². The SMILES string of the molecule is COC1CC(OC)C2C(=O)[C@@]3(OC2C1Cl)C1=C(C[C@@H](C2CCC(C(F)(F)F)CC2)O1)C(=O)C[C@H]3C. The highest BCUT2D eigenvalue weighted by atomic mass is 35.5. The number of ether oxygens (including phenoxy) is 4. The Morgan fingerprint density at radius 3 is 2.29 bits per heavy atom. The van der Waals surface area contributed by atoms with Gasteiger partial charge in [-0.3, -0.25) is 9.59 Å². The number of carbonyl (C=O) groups is 2. The Balaban J connectivity index is 1.43. The van der Waals surface area contributed by atoms with Crippen LogP contribution < -0.4 is 0 Å². The van der Waals surface area contributed by atoms with E-state index in [1.165, 1.54) is 0 Å². The summed E-state index contributed by atoms with van der Waals surface area (Å²) in [5.41, 5.74) is -0.996. The lowest BCUT2D eigenvalue weighted by molar-refractivity contribution is -0.186. The number of hydrogen-bond acceptors (Lipinski definition) is 6. The number of fused-ring (bicyclic) bond motifs is 2. The summed E-state index contributed by atoms with van der Waals surface area (Å²) < 4.78 is 63.5. The molecule has 5 aliphatic rings. The zero-order valence-corrected chi connectivity index (χ0v) is 20.9. The lowest BCUT2D eigenvalue weighted by Crippen LogP contribution is -2.52. The van der Waals surface area contributed by atoms with Crippen LogP contribution in [0.25, 0.3) is 0 Å². The molecule has 196 valence electrons. The molecule has 1 saturated heterocycles. The van der Waals surface area contributed by atoms with Crippen LogP contribution in [0.5, 0.6) is 0 Å². The molecular weight excluding hydrogens is 489 g/mol. The maximum absolute atomic E-state index is 14.1. The molecule has 8 atom stereocenters. The molecule has 3 fully saturated rings. The van der Waals surface area contributed by atoms with Gasteiger partial charge in [-0.2, -0.15) is 13.2 Å². The zero-order chi connectivity index (χ0) is 25.3. The van der Waals surface area contributed by atoms with Gasteiger partial charge in [0.25, 0.3) is 0 Å². The van der Waals surface area contributed by atoms with Crippen LogP contribution >= 0.6 is 11.6 Å². The summed E-state index contributed by atoms with van der Waals surface area (Å²) in [5.74, 6) is -2.50. The molecule has 2 saturated carbocycles. The third kappa shape index (κ3) is 3.87. The summed E-state index contributed by atoms with van der Waals surface area (Å²) in [5, 5.41) is -0.580. The summed E-state index contributed by atoms with van der Waals surface area (Å²) in [7, 11) is 3.10. The van der Waals surface area contributed by atoms with E-state index in [9.17, 15) is 22.8 Å². The minimum atomic E-state index is -4.19. The summed E-state index contributed by atoms with van der Waals surface area (Å²) in [6, 6.07) is 0. The van der Waals surface area contributed by atoms with Crippen molar-refractivity contribution in [3.63, 3.8) is 0 Å². The molecule has 2 heterocycles. The molecule has 35 heavy (non-hydrogen) atoms. The predicted octanol–water partition coefficient (Wildman–Crippen LogP) is 4.37. The topological polar surface area (TPSA) is 71.1 Å². The van der Waals surface area contributed by atoms with Crippen LogP contribution in [-0.4, -0.2) is 67.4 Å². The number of hydrogen-bond donors (Lipinski definition) is 0. The Kier molecular flexibility index (Phi) is 6.55. The molecule has 3 aliphatic carbocycles. The van der Waals surface area contributed by atoms with E-state index in [1.807, 2.05) is 0 Å². The predicted molar refractivity (Wildman–Crippen MR) is 119 cm³/mol. The van der Waals surface area contributed by atoms with Crippen molar-refractivity contribution in [3.05, 3.63) is 11.3 Å². The molecule has 0 aromatic carbocycles. The number of alkyl halides is 4. The van der Waals surface area contributed by atoms with Gasteiger partial charge < -0.3 is 18.9 Å². The third-order valence-corrected chi connectivity index (χ3v) is 9.58. The Bertz CT molecular complexity index is 913. The highest BCUT2D eigenvalue weighted by molar-refractivity contribution is 6.22. The van der Waals surface area contributed by atoms with Crippen molar-refractivity contribution in [2.45, 2.75) is 93.4 Å². The van der Waals surface area contributed by atoms with Crippen molar-refractivity contribution >= 4 is 23.2 Å². The van der Waals surface area contributed by atoms with Crippen molar-refractivity contribution in [2.24, 2.45) is 23.7 Å². The Morgan fingerprint density at radius 1 is 1.03 bits per heavy atom. The first-order valence-corrected chi connectivity index (χ1v) is 12.9. The molecule has 5 rings (SSSR count). The normalized spacial score (nSPS) is 46.1. The molecule has 0 N–H and O–H groups in total. The Hall–Kier alpha value is -1.16.